The van der Waals surface area contributed by atoms with Crippen molar-refractivity contribution in [2.75, 3.05) is 13.1 Å². The number of ether oxygens (including phenoxy) is 1. The summed E-state index contributed by atoms with van der Waals surface area (Å²) in [5, 5.41) is 0. The average Bonchev–Trinajstić information content (AvgIpc) is 2.38. The molecule has 1 aliphatic carbocycles. The van der Waals surface area contributed by atoms with Gasteiger partial charge in [0.2, 0.25) is 0 Å². The van der Waals surface area contributed by atoms with Crippen LogP contribution in [0.5, 0.6) is 0 Å². The van der Waals surface area contributed by atoms with E-state index in [9.17, 15) is 22.4 Å². The third-order valence-corrected chi connectivity index (χ3v) is 4.87. The van der Waals surface area contributed by atoms with Crippen LogP contribution >= 0.6 is 0 Å². The lowest BCUT2D eigenvalue weighted by molar-refractivity contribution is -0.138. The molecule has 0 bridgehead atoms. The Morgan fingerprint density at radius 1 is 1.31 bits per heavy atom. The molecule has 3 rings (SSSR count). The summed E-state index contributed by atoms with van der Waals surface area (Å²) < 4.78 is 56.8. The van der Waals surface area contributed by atoms with Crippen LogP contribution in [0.3, 0.4) is 0 Å². The van der Waals surface area contributed by atoms with Crippen molar-refractivity contribution in [1.82, 2.24) is 9.88 Å². The van der Waals surface area contributed by atoms with E-state index in [1.807, 2.05) is 20.8 Å². The quantitative estimate of drug-likeness (QED) is 0.720. The van der Waals surface area contributed by atoms with Crippen molar-refractivity contribution >= 4 is 6.09 Å². The SMILES string of the molecule is CC(C)(C)OC(=O)N1CC2(CC(Cc3ncc(C(F)(F)F)cc3F)C2)C1. The smallest absolute Gasteiger partial charge is 0.417 e. The van der Waals surface area contributed by atoms with Gasteiger partial charge in [0.1, 0.15) is 11.4 Å². The Morgan fingerprint density at radius 3 is 2.42 bits per heavy atom. The highest BCUT2D eigenvalue weighted by Gasteiger charge is 2.54. The number of carbonyl (C=O) groups is 1. The van der Waals surface area contributed by atoms with Gasteiger partial charge in [0.15, 0.2) is 0 Å². The highest BCUT2D eigenvalue weighted by molar-refractivity contribution is 5.69. The van der Waals surface area contributed by atoms with Crippen LogP contribution in [0.4, 0.5) is 22.4 Å². The van der Waals surface area contributed by atoms with Crippen LogP contribution in [0.1, 0.15) is 44.9 Å². The van der Waals surface area contributed by atoms with Crippen molar-refractivity contribution in [1.29, 1.82) is 0 Å². The molecule has 1 aromatic heterocycles. The molecule has 1 saturated carbocycles. The summed E-state index contributed by atoms with van der Waals surface area (Å²) in [6, 6.07) is 0.504. The Morgan fingerprint density at radius 2 is 1.92 bits per heavy atom. The number of nitrogens with zero attached hydrogens (tertiary/aromatic N) is 2. The lowest BCUT2D eigenvalue weighted by Crippen LogP contribution is -2.64. The van der Waals surface area contributed by atoms with Gasteiger partial charge in [-0.15, -0.1) is 0 Å². The van der Waals surface area contributed by atoms with Crippen LogP contribution in [-0.4, -0.2) is 34.7 Å². The molecule has 8 heteroatoms. The molecule has 1 amide bonds. The summed E-state index contributed by atoms with van der Waals surface area (Å²) in [5.74, 6) is -0.737. The van der Waals surface area contributed by atoms with Gasteiger partial charge in [-0.3, -0.25) is 4.98 Å². The third-order valence-electron chi connectivity index (χ3n) is 4.87. The molecule has 1 aliphatic heterocycles. The molecule has 0 radical (unpaired) electrons. The van der Waals surface area contributed by atoms with Crippen LogP contribution in [0.25, 0.3) is 0 Å². The maximum atomic E-state index is 13.9. The number of hydrogen-bond acceptors (Lipinski definition) is 3. The zero-order chi connectivity index (χ0) is 19.3. The van der Waals surface area contributed by atoms with Gasteiger partial charge in [0.25, 0.3) is 0 Å². The first-order chi connectivity index (χ1) is 11.9. The summed E-state index contributed by atoms with van der Waals surface area (Å²) in [6.45, 7) is 6.66. The summed E-state index contributed by atoms with van der Waals surface area (Å²) in [6.07, 6.45) is -2.30. The van der Waals surface area contributed by atoms with Gasteiger partial charge in [-0.25, -0.2) is 9.18 Å². The third kappa shape index (κ3) is 3.94. The first-order valence-electron chi connectivity index (χ1n) is 8.56. The molecule has 26 heavy (non-hydrogen) atoms. The van der Waals surface area contributed by atoms with Crippen molar-refractivity contribution in [3.05, 3.63) is 29.3 Å². The molecule has 1 aromatic rings. The number of alkyl halides is 3. The minimum absolute atomic E-state index is 0.0456. The molecule has 2 aliphatic rings. The highest BCUT2D eigenvalue weighted by atomic mass is 19.4. The second kappa shape index (κ2) is 6.09. The fourth-order valence-electron chi connectivity index (χ4n) is 3.83. The molecular formula is C18H22F4N2O2. The summed E-state index contributed by atoms with van der Waals surface area (Å²) in [7, 11) is 0. The van der Waals surface area contributed by atoms with Gasteiger partial charge in [-0.05, 0) is 52.0 Å². The Balaban J connectivity index is 1.49. The molecule has 0 aromatic carbocycles. The van der Waals surface area contributed by atoms with Crippen molar-refractivity contribution in [3.63, 3.8) is 0 Å². The number of halogens is 4. The Hall–Kier alpha value is -1.86. The molecule has 0 unspecified atom stereocenters. The van der Waals surface area contributed by atoms with E-state index in [0.29, 0.717) is 31.8 Å². The fourth-order valence-corrected chi connectivity index (χ4v) is 3.83. The van der Waals surface area contributed by atoms with E-state index in [-0.39, 0.29) is 23.1 Å². The van der Waals surface area contributed by atoms with E-state index >= 15 is 0 Å². The van der Waals surface area contributed by atoms with Gasteiger partial charge in [0, 0.05) is 24.7 Å². The Labute approximate surface area is 149 Å². The normalized spacial score (nSPS) is 19.9. The second-order valence-corrected chi connectivity index (χ2v) is 8.47. The summed E-state index contributed by atoms with van der Waals surface area (Å²) in [5.41, 5.74) is -1.49. The van der Waals surface area contributed by atoms with Crippen molar-refractivity contribution < 1.29 is 27.1 Å². The van der Waals surface area contributed by atoms with Crippen molar-refractivity contribution in [2.45, 2.75) is 51.8 Å². The van der Waals surface area contributed by atoms with Crippen molar-refractivity contribution in [2.24, 2.45) is 11.3 Å². The van der Waals surface area contributed by atoms with Crippen LogP contribution in [0.15, 0.2) is 12.3 Å². The fraction of sp³-hybridized carbons (Fsp3) is 0.667. The van der Waals surface area contributed by atoms with Crippen LogP contribution in [0.2, 0.25) is 0 Å². The Kier molecular flexibility index (Phi) is 4.43. The zero-order valence-electron chi connectivity index (χ0n) is 15.0. The number of likely N-dealkylation sites (tertiary alicyclic amines) is 1. The lowest BCUT2D eigenvalue weighted by Gasteiger charge is -2.58. The van der Waals surface area contributed by atoms with Crippen molar-refractivity contribution in [3.8, 4) is 0 Å². The number of rotatable bonds is 2. The molecule has 2 heterocycles. The molecule has 1 saturated heterocycles. The van der Waals surface area contributed by atoms with Gasteiger partial charge < -0.3 is 9.64 Å². The second-order valence-electron chi connectivity index (χ2n) is 8.47. The molecule has 2 fully saturated rings. The van der Waals surface area contributed by atoms with E-state index in [1.165, 1.54) is 0 Å². The van der Waals surface area contributed by atoms with Gasteiger partial charge in [-0.1, -0.05) is 0 Å². The molecule has 4 nitrogen and oxygen atoms in total. The number of carbonyl (C=O) groups excluding carboxylic acids is 1. The van der Waals surface area contributed by atoms with E-state index in [4.69, 9.17) is 4.74 Å². The number of amides is 1. The first-order valence-corrected chi connectivity index (χ1v) is 8.56. The highest BCUT2D eigenvalue weighted by Crippen LogP contribution is 2.53. The zero-order valence-corrected chi connectivity index (χ0v) is 15.0. The van der Waals surface area contributed by atoms with E-state index in [1.54, 1.807) is 4.90 Å². The topological polar surface area (TPSA) is 42.4 Å². The standard InChI is InChI=1S/C18H22F4N2O2/c1-16(2,3)26-15(25)24-9-17(10-24)6-11(7-17)4-14-13(19)5-12(8-23-14)18(20,21)22/h5,8,11H,4,6-7,9-10H2,1-3H3. The maximum Gasteiger partial charge on any atom is 0.417 e. The number of pyridine rings is 1. The van der Waals surface area contributed by atoms with E-state index < -0.39 is 23.2 Å². The molecular weight excluding hydrogens is 352 g/mol. The van der Waals surface area contributed by atoms with Crippen LogP contribution in [-0.2, 0) is 17.3 Å². The maximum absolute atomic E-state index is 13.9. The van der Waals surface area contributed by atoms with Gasteiger partial charge >= 0.3 is 12.3 Å². The minimum atomic E-state index is -4.59. The minimum Gasteiger partial charge on any atom is -0.444 e. The largest absolute Gasteiger partial charge is 0.444 e. The predicted octanol–water partition coefficient (Wildman–Crippen LogP) is 4.43. The summed E-state index contributed by atoms with van der Waals surface area (Å²) >= 11 is 0. The molecule has 0 atom stereocenters. The van der Waals surface area contributed by atoms with Gasteiger partial charge in [-0.2, -0.15) is 13.2 Å². The number of hydrogen-bond donors (Lipinski definition) is 0. The molecule has 0 N–H and O–H groups in total. The van der Waals surface area contributed by atoms with Gasteiger partial charge in [0.05, 0.1) is 11.3 Å². The predicted molar refractivity (Wildman–Crippen MR) is 85.9 cm³/mol. The van der Waals surface area contributed by atoms with Crippen LogP contribution < -0.4 is 0 Å². The summed E-state index contributed by atoms with van der Waals surface area (Å²) in [4.78, 5) is 17.3. The Bertz CT molecular complexity index is 698. The average molecular weight is 374 g/mol. The van der Waals surface area contributed by atoms with E-state index in [0.717, 1.165) is 12.8 Å². The number of aromatic nitrogens is 1. The molecule has 144 valence electrons. The molecule has 1 spiro atoms. The monoisotopic (exact) mass is 374 g/mol. The first kappa shape index (κ1) is 18.9. The van der Waals surface area contributed by atoms with E-state index in [2.05, 4.69) is 4.98 Å². The lowest BCUT2D eigenvalue weighted by atomic mass is 9.57. The van der Waals surface area contributed by atoms with Crippen LogP contribution in [0, 0.1) is 17.2 Å².